The van der Waals surface area contributed by atoms with Gasteiger partial charge in [0.2, 0.25) is 5.95 Å². The molecule has 2 fully saturated rings. The largest absolute Gasteiger partial charge is 0.457 e. The topological polar surface area (TPSA) is 152 Å². The maximum absolute atomic E-state index is 12.6. The Labute approximate surface area is 238 Å². The highest BCUT2D eigenvalue weighted by Gasteiger charge is 2.22. The van der Waals surface area contributed by atoms with Gasteiger partial charge in [-0.1, -0.05) is 0 Å². The molecular weight excluding hydrogens is 528 g/mol. The molecule has 2 saturated heterocycles. The van der Waals surface area contributed by atoms with Gasteiger partial charge in [0.1, 0.15) is 6.10 Å². The van der Waals surface area contributed by atoms with Crippen LogP contribution in [0.4, 0.5) is 22.1 Å². The first kappa shape index (κ1) is 28.2. The molecule has 1 unspecified atom stereocenters. The highest BCUT2D eigenvalue weighted by molar-refractivity contribution is 6.00. The third kappa shape index (κ3) is 7.87. The summed E-state index contributed by atoms with van der Waals surface area (Å²) in [5.41, 5.74) is 2.42. The van der Waals surface area contributed by atoms with Gasteiger partial charge in [0.05, 0.1) is 26.4 Å². The summed E-state index contributed by atoms with van der Waals surface area (Å²) in [6.07, 6.45) is 0.692. The van der Waals surface area contributed by atoms with Crippen LogP contribution in [-0.2, 0) is 9.47 Å². The molecule has 4 N–H and O–H groups in total. The number of urea groups is 1. The lowest BCUT2D eigenvalue weighted by Crippen LogP contribution is -2.37. The quantitative estimate of drug-likeness (QED) is 0.271. The number of rotatable bonds is 10. The monoisotopic (exact) mass is 562 g/mol. The van der Waals surface area contributed by atoms with E-state index >= 15 is 0 Å². The van der Waals surface area contributed by atoms with Crippen LogP contribution in [0, 0.1) is 0 Å². The van der Waals surface area contributed by atoms with Gasteiger partial charge in [-0.15, -0.1) is 0 Å². The van der Waals surface area contributed by atoms with Crippen molar-refractivity contribution in [3.63, 3.8) is 0 Å². The Morgan fingerprint density at radius 1 is 0.902 bits per heavy atom. The number of carbonyl (C=O) groups is 2. The maximum Gasteiger partial charge on any atom is 0.323 e. The van der Waals surface area contributed by atoms with Crippen LogP contribution in [0.2, 0.25) is 0 Å². The molecular formula is C28H34N8O5. The molecule has 3 aromatic rings. The summed E-state index contributed by atoms with van der Waals surface area (Å²) in [6, 6.07) is 13.8. The molecule has 5 rings (SSSR count). The van der Waals surface area contributed by atoms with E-state index in [0.717, 1.165) is 12.0 Å². The van der Waals surface area contributed by atoms with E-state index in [1.54, 1.807) is 36.4 Å². The molecule has 13 nitrogen and oxygen atoms in total. The molecule has 13 heteroatoms. The van der Waals surface area contributed by atoms with E-state index in [2.05, 4.69) is 36.1 Å². The number of aromatic nitrogens is 3. The van der Waals surface area contributed by atoms with Crippen molar-refractivity contribution in [1.29, 1.82) is 0 Å². The van der Waals surface area contributed by atoms with Crippen LogP contribution in [0.1, 0.15) is 16.8 Å². The highest BCUT2D eigenvalue weighted by atomic mass is 16.6. The van der Waals surface area contributed by atoms with Crippen LogP contribution in [0.3, 0.4) is 0 Å². The normalized spacial score (nSPS) is 16.7. The summed E-state index contributed by atoms with van der Waals surface area (Å²) in [4.78, 5) is 40.6. The third-order valence-electron chi connectivity index (χ3n) is 6.52. The summed E-state index contributed by atoms with van der Waals surface area (Å²) >= 11 is 0. The Hall–Kier alpha value is -4.33. The van der Waals surface area contributed by atoms with E-state index in [4.69, 9.17) is 19.2 Å². The molecule has 2 aromatic carbocycles. The van der Waals surface area contributed by atoms with Crippen molar-refractivity contribution < 1.29 is 23.8 Å². The first-order valence-electron chi connectivity index (χ1n) is 13.6. The Kier molecular flexibility index (Phi) is 9.52. The first-order valence-corrected chi connectivity index (χ1v) is 13.6. The number of likely N-dealkylation sites (N-methyl/N-ethyl adjacent to an activating group) is 1. The fourth-order valence-corrected chi connectivity index (χ4v) is 4.29. The molecule has 216 valence electrons. The van der Waals surface area contributed by atoms with Crippen LogP contribution in [0.15, 0.2) is 48.5 Å². The van der Waals surface area contributed by atoms with E-state index in [1.807, 2.05) is 19.2 Å². The Morgan fingerprint density at radius 2 is 1.61 bits per heavy atom. The van der Waals surface area contributed by atoms with Gasteiger partial charge >= 0.3 is 12.0 Å². The van der Waals surface area contributed by atoms with Crippen LogP contribution in [0.25, 0.3) is 11.4 Å². The van der Waals surface area contributed by atoms with E-state index in [-0.39, 0.29) is 18.0 Å². The zero-order valence-corrected chi connectivity index (χ0v) is 22.9. The number of benzene rings is 2. The van der Waals surface area contributed by atoms with Gasteiger partial charge in [0, 0.05) is 55.1 Å². The van der Waals surface area contributed by atoms with Gasteiger partial charge in [0.25, 0.3) is 5.91 Å². The molecule has 0 aliphatic carbocycles. The lowest BCUT2D eigenvalue weighted by molar-refractivity contribution is 0.0954. The molecule has 1 aromatic heterocycles. The zero-order chi connectivity index (χ0) is 28.4. The minimum Gasteiger partial charge on any atom is -0.457 e. The van der Waals surface area contributed by atoms with E-state index in [9.17, 15) is 9.59 Å². The number of nitrogens with one attached hydrogen (secondary N) is 4. The average molecular weight is 563 g/mol. The van der Waals surface area contributed by atoms with Crippen LogP contribution < -0.4 is 30.9 Å². The number of carbonyl (C=O) groups excluding carboxylic acids is 2. The summed E-state index contributed by atoms with van der Waals surface area (Å²) in [7, 11) is 1.82. The first-order chi connectivity index (χ1) is 20.1. The summed E-state index contributed by atoms with van der Waals surface area (Å²) < 4.78 is 16.9. The van der Waals surface area contributed by atoms with Crippen molar-refractivity contribution in [3.05, 3.63) is 54.1 Å². The Bertz CT molecular complexity index is 1310. The SMILES string of the molecule is CNCCNC(=O)c1ccc(NC(=O)Nc2ccc(-c3nc(OC4CCOC4)nc(N4CCOCC4)n3)cc2)cc1. The van der Waals surface area contributed by atoms with Gasteiger partial charge < -0.3 is 40.4 Å². The Balaban J connectivity index is 1.22. The maximum atomic E-state index is 12.6. The van der Waals surface area contributed by atoms with Crippen molar-refractivity contribution >= 4 is 29.3 Å². The molecule has 41 heavy (non-hydrogen) atoms. The Morgan fingerprint density at radius 3 is 2.27 bits per heavy atom. The van der Waals surface area contributed by atoms with E-state index in [0.29, 0.717) is 81.3 Å². The average Bonchev–Trinajstić information content (AvgIpc) is 3.51. The van der Waals surface area contributed by atoms with Crippen LogP contribution in [-0.4, -0.2) is 92.6 Å². The zero-order valence-electron chi connectivity index (χ0n) is 22.9. The molecule has 0 saturated carbocycles. The lowest BCUT2D eigenvalue weighted by atomic mass is 10.2. The minimum atomic E-state index is -0.409. The molecule has 3 amide bonds. The number of ether oxygens (including phenoxy) is 3. The number of hydrogen-bond donors (Lipinski definition) is 4. The predicted octanol–water partition coefficient (Wildman–Crippen LogP) is 2.14. The van der Waals surface area contributed by atoms with Gasteiger partial charge in [-0.2, -0.15) is 15.0 Å². The van der Waals surface area contributed by atoms with Crippen LogP contribution >= 0.6 is 0 Å². The fourth-order valence-electron chi connectivity index (χ4n) is 4.29. The van der Waals surface area contributed by atoms with Crippen LogP contribution in [0.5, 0.6) is 6.01 Å². The van der Waals surface area contributed by atoms with E-state index < -0.39 is 6.03 Å². The molecule has 2 aliphatic heterocycles. The van der Waals surface area contributed by atoms with Crippen molar-refractivity contribution in [2.75, 3.05) is 75.2 Å². The van der Waals surface area contributed by atoms with Gasteiger partial charge in [-0.25, -0.2) is 4.79 Å². The molecule has 0 spiro atoms. The summed E-state index contributed by atoms with van der Waals surface area (Å²) in [5, 5.41) is 11.4. The lowest BCUT2D eigenvalue weighted by Gasteiger charge is -2.27. The number of anilines is 3. The third-order valence-corrected chi connectivity index (χ3v) is 6.52. The fraction of sp³-hybridized carbons (Fsp3) is 0.393. The van der Waals surface area contributed by atoms with Crippen molar-refractivity contribution in [1.82, 2.24) is 25.6 Å². The molecule has 2 aliphatic rings. The minimum absolute atomic E-state index is 0.0930. The molecule has 0 radical (unpaired) electrons. The number of nitrogens with zero attached hydrogens (tertiary/aromatic N) is 4. The highest BCUT2D eigenvalue weighted by Crippen LogP contribution is 2.24. The number of amides is 3. The van der Waals surface area contributed by atoms with E-state index in [1.165, 1.54) is 0 Å². The van der Waals surface area contributed by atoms with Crippen molar-refractivity contribution in [2.45, 2.75) is 12.5 Å². The second-order valence-corrected chi connectivity index (χ2v) is 9.54. The molecule has 0 bridgehead atoms. The second kappa shape index (κ2) is 13.8. The smallest absolute Gasteiger partial charge is 0.323 e. The molecule has 3 heterocycles. The standard InChI is InChI=1S/C28H34N8O5/c1-29-11-12-30-25(37)20-4-8-22(9-5-20)32-27(38)31-21-6-2-19(3-7-21)24-33-26(36-13-16-39-17-14-36)35-28(34-24)41-23-10-15-40-18-23/h2-9,23,29H,10-18H2,1H3,(H,30,37)(H2,31,32,38). The summed E-state index contributed by atoms with van der Waals surface area (Å²) in [5.74, 6) is 0.842. The van der Waals surface area contributed by atoms with Gasteiger partial charge in [-0.3, -0.25) is 4.79 Å². The predicted molar refractivity (Wildman–Crippen MR) is 153 cm³/mol. The summed E-state index contributed by atoms with van der Waals surface area (Å²) in [6.45, 7) is 4.94. The second-order valence-electron chi connectivity index (χ2n) is 9.54. The number of morpholine rings is 1. The van der Waals surface area contributed by atoms with Crippen molar-refractivity contribution in [3.8, 4) is 17.4 Å². The van der Waals surface area contributed by atoms with Gasteiger partial charge in [-0.05, 0) is 55.6 Å². The molecule has 1 atom stereocenters. The number of hydrogen-bond acceptors (Lipinski definition) is 10. The van der Waals surface area contributed by atoms with Crippen molar-refractivity contribution in [2.24, 2.45) is 0 Å². The van der Waals surface area contributed by atoms with Gasteiger partial charge in [0.15, 0.2) is 5.82 Å².